The molecule has 0 heterocycles. The highest BCUT2D eigenvalue weighted by Gasteiger charge is 2.20. The van der Waals surface area contributed by atoms with Crippen molar-refractivity contribution in [2.45, 2.75) is 58.1 Å². The Labute approximate surface area is 93.8 Å². The standard InChI is InChI=1S/C13H23NO/c1-3-5-6-11-15-13-9-7-12(8-10-13)14-4-2/h12-14H,4,6-11H2,1-2H3. The van der Waals surface area contributed by atoms with Gasteiger partial charge in [0.25, 0.3) is 0 Å². The predicted molar refractivity (Wildman–Crippen MR) is 63.7 cm³/mol. The van der Waals surface area contributed by atoms with E-state index in [0.29, 0.717) is 6.10 Å². The molecule has 0 atom stereocenters. The van der Waals surface area contributed by atoms with Gasteiger partial charge in [0.2, 0.25) is 0 Å². The van der Waals surface area contributed by atoms with E-state index < -0.39 is 0 Å². The molecule has 1 saturated carbocycles. The lowest BCUT2D eigenvalue weighted by atomic mass is 9.93. The molecule has 0 aromatic carbocycles. The lowest BCUT2D eigenvalue weighted by Gasteiger charge is -2.28. The highest BCUT2D eigenvalue weighted by molar-refractivity contribution is 4.94. The molecule has 0 saturated heterocycles. The minimum absolute atomic E-state index is 0.485. The minimum Gasteiger partial charge on any atom is -0.377 e. The van der Waals surface area contributed by atoms with Crippen LogP contribution in [0.3, 0.4) is 0 Å². The van der Waals surface area contributed by atoms with Crippen molar-refractivity contribution in [3.05, 3.63) is 0 Å². The van der Waals surface area contributed by atoms with Gasteiger partial charge in [-0.25, -0.2) is 0 Å². The first-order chi connectivity index (χ1) is 7.36. The van der Waals surface area contributed by atoms with Crippen molar-refractivity contribution in [3.63, 3.8) is 0 Å². The van der Waals surface area contributed by atoms with E-state index in [1.165, 1.54) is 25.7 Å². The molecule has 1 aliphatic rings. The van der Waals surface area contributed by atoms with Crippen LogP contribution in [0.15, 0.2) is 0 Å². The van der Waals surface area contributed by atoms with E-state index in [9.17, 15) is 0 Å². The van der Waals surface area contributed by atoms with Gasteiger partial charge in [-0.3, -0.25) is 0 Å². The Hall–Kier alpha value is -0.520. The van der Waals surface area contributed by atoms with Crippen molar-refractivity contribution in [2.75, 3.05) is 13.2 Å². The number of ether oxygens (including phenoxy) is 1. The van der Waals surface area contributed by atoms with Gasteiger partial charge in [0.15, 0.2) is 0 Å². The first kappa shape index (κ1) is 12.5. The van der Waals surface area contributed by atoms with Crippen LogP contribution >= 0.6 is 0 Å². The summed E-state index contributed by atoms with van der Waals surface area (Å²) in [6, 6.07) is 0.727. The summed E-state index contributed by atoms with van der Waals surface area (Å²) >= 11 is 0. The van der Waals surface area contributed by atoms with Crippen LogP contribution in [0.2, 0.25) is 0 Å². The van der Waals surface area contributed by atoms with E-state index in [0.717, 1.165) is 25.6 Å². The van der Waals surface area contributed by atoms with E-state index >= 15 is 0 Å². The van der Waals surface area contributed by atoms with E-state index in [2.05, 4.69) is 24.1 Å². The molecule has 0 bridgehead atoms. The average Bonchev–Trinajstić information content (AvgIpc) is 2.27. The molecule has 15 heavy (non-hydrogen) atoms. The van der Waals surface area contributed by atoms with Crippen LogP contribution in [0.4, 0.5) is 0 Å². The minimum atomic E-state index is 0.485. The summed E-state index contributed by atoms with van der Waals surface area (Å²) in [5.74, 6) is 5.92. The molecule has 1 N–H and O–H groups in total. The lowest BCUT2D eigenvalue weighted by molar-refractivity contribution is 0.0260. The zero-order valence-electron chi connectivity index (χ0n) is 10.0. The third-order valence-corrected chi connectivity index (χ3v) is 2.92. The summed E-state index contributed by atoms with van der Waals surface area (Å²) in [5.41, 5.74) is 0. The SMILES string of the molecule is CC#CCCOC1CCC(NCC)CC1. The number of hydrogen-bond donors (Lipinski definition) is 1. The van der Waals surface area contributed by atoms with Crippen LogP contribution in [0.25, 0.3) is 0 Å². The van der Waals surface area contributed by atoms with Gasteiger partial charge in [-0.15, -0.1) is 11.8 Å². The second-order valence-electron chi connectivity index (χ2n) is 4.08. The Morgan fingerprint density at radius 2 is 2.00 bits per heavy atom. The summed E-state index contributed by atoms with van der Waals surface area (Å²) in [7, 11) is 0. The highest BCUT2D eigenvalue weighted by Crippen LogP contribution is 2.21. The van der Waals surface area contributed by atoms with Crippen LogP contribution in [-0.2, 0) is 4.74 Å². The van der Waals surface area contributed by atoms with Gasteiger partial charge in [-0.2, -0.15) is 0 Å². The first-order valence-electron chi connectivity index (χ1n) is 6.11. The third-order valence-electron chi connectivity index (χ3n) is 2.92. The smallest absolute Gasteiger partial charge is 0.0579 e. The molecule has 0 aromatic rings. The van der Waals surface area contributed by atoms with Crippen LogP contribution in [0.1, 0.15) is 46.0 Å². The second kappa shape index (κ2) is 7.73. The van der Waals surface area contributed by atoms with Crippen LogP contribution in [-0.4, -0.2) is 25.3 Å². The monoisotopic (exact) mass is 209 g/mol. The number of nitrogens with one attached hydrogen (secondary N) is 1. The molecule has 0 unspecified atom stereocenters. The van der Waals surface area contributed by atoms with Gasteiger partial charge in [0.1, 0.15) is 0 Å². The van der Waals surface area contributed by atoms with Crippen LogP contribution in [0, 0.1) is 11.8 Å². The predicted octanol–water partition coefficient (Wildman–Crippen LogP) is 2.34. The molecular formula is C13H23NO. The average molecular weight is 209 g/mol. The zero-order valence-corrected chi connectivity index (χ0v) is 10.0. The first-order valence-corrected chi connectivity index (χ1v) is 6.11. The maximum atomic E-state index is 5.78. The Morgan fingerprint density at radius 3 is 2.60 bits per heavy atom. The van der Waals surface area contributed by atoms with Crippen molar-refractivity contribution < 1.29 is 4.74 Å². The van der Waals surface area contributed by atoms with Gasteiger partial charge >= 0.3 is 0 Å². The summed E-state index contributed by atoms with van der Waals surface area (Å²) in [6.45, 7) is 5.94. The maximum absolute atomic E-state index is 5.78. The normalized spacial score (nSPS) is 25.7. The van der Waals surface area contributed by atoms with Gasteiger partial charge < -0.3 is 10.1 Å². The molecular weight excluding hydrogens is 186 g/mol. The van der Waals surface area contributed by atoms with Crippen LogP contribution < -0.4 is 5.32 Å². The fourth-order valence-electron chi connectivity index (χ4n) is 2.12. The lowest BCUT2D eigenvalue weighted by Crippen LogP contribution is -2.35. The largest absolute Gasteiger partial charge is 0.377 e. The quantitative estimate of drug-likeness (QED) is 0.554. The van der Waals surface area contributed by atoms with Gasteiger partial charge in [0.05, 0.1) is 12.7 Å². The Balaban J connectivity index is 2.05. The summed E-state index contributed by atoms with van der Waals surface area (Å²) in [6.07, 6.45) is 6.30. The number of rotatable bonds is 5. The summed E-state index contributed by atoms with van der Waals surface area (Å²) in [4.78, 5) is 0. The fourth-order valence-corrected chi connectivity index (χ4v) is 2.12. The zero-order chi connectivity index (χ0) is 10.9. The Kier molecular flexibility index (Phi) is 6.47. The molecule has 1 fully saturated rings. The van der Waals surface area contributed by atoms with Crippen LogP contribution in [0.5, 0.6) is 0 Å². The molecule has 2 nitrogen and oxygen atoms in total. The van der Waals surface area contributed by atoms with E-state index in [-0.39, 0.29) is 0 Å². The molecule has 0 amide bonds. The molecule has 0 spiro atoms. The Bertz CT molecular complexity index is 208. The van der Waals surface area contributed by atoms with Crippen molar-refractivity contribution in [2.24, 2.45) is 0 Å². The van der Waals surface area contributed by atoms with Crippen molar-refractivity contribution in [1.29, 1.82) is 0 Å². The maximum Gasteiger partial charge on any atom is 0.0579 e. The molecule has 0 aliphatic heterocycles. The topological polar surface area (TPSA) is 21.3 Å². The molecule has 1 rings (SSSR count). The van der Waals surface area contributed by atoms with E-state index in [1.54, 1.807) is 0 Å². The number of hydrogen-bond acceptors (Lipinski definition) is 2. The molecule has 2 heteroatoms. The summed E-state index contributed by atoms with van der Waals surface area (Å²) in [5, 5.41) is 3.50. The van der Waals surface area contributed by atoms with Crippen molar-refractivity contribution in [1.82, 2.24) is 5.32 Å². The van der Waals surface area contributed by atoms with E-state index in [4.69, 9.17) is 4.74 Å². The Morgan fingerprint density at radius 1 is 1.27 bits per heavy atom. The molecule has 0 radical (unpaired) electrons. The van der Waals surface area contributed by atoms with Crippen molar-refractivity contribution >= 4 is 0 Å². The fraction of sp³-hybridized carbons (Fsp3) is 0.846. The third kappa shape index (κ3) is 5.20. The van der Waals surface area contributed by atoms with E-state index in [1.807, 2.05) is 6.92 Å². The summed E-state index contributed by atoms with van der Waals surface area (Å²) < 4.78 is 5.78. The van der Waals surface area contributed by atoms with Gasteiger partial charge in [-0.05, 0) is 39.2 Å². The molecule has 86 valence electrons. The highest BCUT2D eigenvalue weighted by atomic mass is 16.5. The molecule has 1 aliphatic carbocycles. The molecule has 0 aromatic heterocycles. The van der Waals surface area contributed by atoms with Gasteiger partial charge in [0, 0.05) is 12.5 Å². The van der Waals surface area contributed by atoms with Crippen molar-refractivity contribution in [3.8, 4) is 11.8 Å². The van der Waals surface area contributed by atoms with Gasteiger partial charge in [-0.1, -0.05) is 6.92 Å². The second-order valence-corrected chi connectivity index (χ2v) is 4.08.